The lowest BCUT2D eigenvalue weighted by Gasteiger charge is -2.14. The number of nitrogens with one attached hydrogen (secondary N) is 1. The lowest BCUT2D eigenvalue weighted by atomic mass is 10.1. The van der Waals surface area contributed by atoms with E-state index in [0.29, 0.717) is 26.1 Å². The van der Waals surface area contributed by atoms with Crippen molar-refractivity contribution >= 4 is 11.8 Å². The number of nitrogens with zero attached hydrogens (tertiary/aromatic N) is 4. The van der Waals surface area contributed by atoms with Crippen LogP contribution >= 0.6 is 0 Å². The van der Waals surface area contributed by atoms with Crippen molar-refractivity contribution in [3.8, 4) is 5.82 Å². The quantitative estimate of drug-likeness (QED) is 0.890. The molecule has 7 heteroatoms. The van der Waals surface area contributed by atoms with Crippen LogP contribution in [0.5, 0.6) is 0 Å². The molecule has 24 heavy (non-hydrogen) atoms. The number of carbonyl (C=O) groups is 2. The van der Waals surface area contributed by atoms with E-state index >= 15 is 0 Å². The third-order valence-corrected chi connectivity index (χ3v) is 4.32. The van der Waals surface area contributed by atoms with Crippen LogP contribution in [0.25, 0.3) is 5.82 Å². The summed E-state index contributed by atoms with van der Waals surface area (Å²) in [6.07, 6.45) is 5.59. The smallest absolute Gasteiger partial charge is 0.225 e. The lowest BCUT2D eigenvalue weighted by Crippen LogP contribution is -2.32. The van der Waals surface area contributed by atoms with Gasteiger partial charge in [0.25, 0.3) is 0 Å². The van der Waals surface area contributed by atoms with Gasteiger partial charge in [-0.25, -0.2) is 9.97 Å². The van der Waals surface area contributed by atoms with Gasteiger partial charge >= 0.3 is 0 Å². The minimum absolute atomic E-state index is 0.0550. The second-order valence-electron chi connectivity index (χ2n) is 5.92. The van der Waals surface area contributed by atoms with Crippen molar-refractivity contribution < 1.29 is 9.59 Å². The van der Waals surface area contributed by atoms with E-state index in [2.05, 4.69) is 15.3 Å². The second kappa shape index (κ2) is 6.82. The minimum Gasteiger partial charge on any atom is -0.352 e. The number of carbonyl (C=O) groups excluding carboxylic acids is 2. The largest absolute Gasteiger partial charge is 0.352 e. The maximum atomic E-state index is 12.3. The van der Waals surface area contributed by atoms with Gasteiger partial charge in [0.2, 0.25) is 11.8 Å². The Balaban J connectivity index is 1.62. The van der Waals surface area contributed by atoms with Gasteiger partial charge in [0.05, 0.1) is 5.92 Å². The molecule has 1 saturated heterocycles. The van der Waals surface area contributed by atoms with Gasteiger partial charge in [0, 0.05) is 44.6 Å². The van der Waals surface area contributed by atoms with Gasteiger partial charge in [0.1, 0.15) is 11.6 Å². The highest BCUT2D eigenvalue weighted by atomic mass is 16.2. The van der Waals surface area contributed by atoms with Crippen LogP contribution in [-0.2, 0) is 16.1 Å². The molecule has 0 bridgehead atoms. The van der Waals surface area contributed by atoms with E-state index in [1.165, 1.54) is 0 Å². The molecule has 2 aromatic heterocycles. The molecule has 3 rings (SSSR count). The van der Waals surface area contributed by atoms with E-state index < -0.39 is 0 Å². The highest BCUT2D eigenvalue weighted by Gasteiger charge is 2.33. The first-order chi connectivity index (χ1) is 11.6. The van der Waals surface area contributed by atoms with Gasteiger partial charge in [-0.1, -0.05) is 0 Å². The van der Waals surface area contributed by atoms with Crippen molar-refractivity contribution in [2.45, 2.75) is 26.8 Å². The van der Waals surface area contributed by atoms with Crippen LogP contribution in [0.1, 0.15) is 24.7 Å². The number of rotatable bonds is 5. The van der Waals surface area contributed by atoms with E-state index in [1.807, 2.05) is 36.7 Å². The monoisotopic (exact) mass is 327 g/mol. The van der Waals surface area contributed by atoms with Crippen LogP contribution in [0.15, 0.2) is 30.7 Å². The average molecular weight is 327 g/mol. The van der Waals surface area contributed by atoms with Crippen LogP contribution in [0, 0.1) is 12.8 Å². The number of aromatic nitrogens is 3. The number of pyridine rings is 1. The van der Waals surface area contributed by atoms with E-state index in [4.69, 9.17) is 0 Å². The number of imidazole rings is 1. The van der Waals surface area contributed by atoms with Crippen molar-refractivity contribution in [1.82, 2.24) is 24.8 Å². The summed E-state index contributed by atoms with van der Waals surface area (Å²) < 4.78 is 1.89. The zero-order valence-electron chi connectivity index (χ0n) is 13.9. The highest BCUT2D eigenvalue weighted by molar-refractivity contribution is 5.89. The van der Waals surface area contributed by atoms with Crippen LogP contribution in [0.3, 0.4) is 0 Å². The molecule has 0 saturated carbocycles. The molecule has 0 aromatic carbocycles. The van der Waals surface area contributed by atoms with Crippen molar-refractivity contribution in [1.29, 1.82) is 0 Å². The van der Waals surface area contributed by atoms with Gasteiger partial charge in [-0.05, 0) is 31.5 Å². The Morgan fingerprint density at radius 3 is 2.88 bits per heavy atom. The van der Waals surface area contributed by atoms with Crippen LogP contribution in [0.4, 0.5) is 0 Å². The second-order valence-corrected chi connectivity index (χ2v) is 5.92. The summed E-state index contributed by atoms with van der Waals surface area (Å²) in [6.45, 7) is 5.41. The van der Waals surface area contributed by atoms with Crippen LogP contribution in [0.2, 0.25) is 0 Å². The Morgan fingerprint density at radius 2 is 2.21 bits per heavy atom. The minimum atomic E-state index is -0.255. The Labute approximate surface area is 140 Å². The molecule has 0 aliphatic carbocycles. The van der Waals surface area contributed by atoms with E-state index in [-0.39, 0.29) is 17.7 Å². The normalized spacial score (nSPS) is 17.3. The summed E-state index contributed by atoms with van der Waals surface area (Å²) in [5, 5.41) is 2.92. The predicted molar refractivity (Wildman–Crippen MR) is 88.3 cm³/mol. The Kier molecular flexibility index (Phi) is 4.59. The third-order valence-electron chi connectivity index (χ3n) is 4.32. The number of likely N-dealkylation sites (tertiary alicyclic amines) is 1. The first-order valence-corrected chi connectivity index (χ1v) is 8.09. The average Bonchev–Trinajstić information content (AvgIpc) is 3.18. The Bertz CT molecular complexity index is 755. The standard InChI is InChI=1S/C17H21N5O2/c1-3-21-11-14(9-16(21)23)17(24)20-10-13-4-5-19-15(8-13)22-7-6-18-12(22)2/h4-8,14H,3,9-11H2,1-2H3,(H,20,24)/t14-/m1/s1. The maximum Gasteiger partial charge on any atom is 0.225 e. The number of hydrogen-bond donors (Lipinski definition) is 1. The first kappa shape index (κ1) is 16.2. The summed E-state index contributed by atoms with van der Waals surface area (Å²) >= 11 is 0. The third kappa shape index (κ3) is 3.29. The molecule has 0 spiro atoms. The maximum absolute atomic E-state index is 12.3. The van der Waals surface area contributed by atoms with E-state index in [9.17, 15) is 9.59 Å². The molecule has 1 aliphatic rings. The van der Waals surface area contributed by atoms with E-state index in [0.717, 1.165) is 17.2 Å². The molecular weight excluding hydrogens is 306 g/mol. The predicted octanol–water partition coefficient (Wildman–Crippen LogP) is 1.06. The number of hydrogen-bond acceptors (Lipinski definition) is 4. The molecule has 1 N–H and O–H groups in total. The summed E-state index contributed by atoms with van der Waals surface area (Å²) in [5.74, 6) is 1.35. The molecule has 1 fully saturated rings. The Morgan fingerprint density at radius 1 is 1.38 bits per heavy atom. The fourth-order valence-corrected chi connectivity index (χ4v) is 2.91. The van der Waals surface area contributed by atoms with Gasteiger partial charge in [0.15, 0.2) is 0 Å². The lowest BCUT2D eigenvalue weighted by molar-refractivity contribution is -0.128. The van der Waals surface area contributed by atoms with Gasteiger partial charge in [-0.2, -0.15) is 0 Å². The zero-order valence-corrected chi connectivity index (χ0v) is 13.9. The zero-order chi connectivity index (χ0) is 17.1. The summed E-state index contributed by atoms with van der Waals surface area (Å²) in [7, 11) is 0. The van der Waals surface area contributed by atoms with E-state index in [1.54, 1.807) is 17.3 Å². The molecule has 7 nitrogen and oxygen atoms in total. The topological polar surface area (TPSA) is 80.1 Å². The van der Waals surface area contributed by atoms with Crippen molar-refractivity contribution in [2.24, 2.45) is 5.92 Å². The fourth-order valence-electron chi connectivity index (χ4n) is 2.91. The molecule has 1 atom stereocenters. The van der Waals surface area contributed by atoms with Crippen molar-refractivity contribution in [2.75, 3.05) is 13.1 Å². The molecule has 3 heterocycles. The summed E-state index contributed by atoms with van der Waals surface area (Å²) in [4.78, 5) is 34.2. The molecule has 0 radical (unpaired) electrons. The van der Waals surface area contributed by atoms with Crippen molar-refractivity contribution in [3.63, 3.8) is 0 Å². The number of amides is 2. The molecule has 0 unspecified atom stereocenters. The molecular formula is C17H21N5O2. The molecule has 2 amide bonds. The Hall–Kier alpha value is -2.70. The number of aryl methyl sites for hydroxylation is 1. The highest BCUT2D eigenvalue weighted by Crippen LogP contribution is 2.17. The van der Waals surface area contributed by atoms with Gasteiger partial charge in [-0.3, -0.25) is 14.2 Å². The first-order valence-electron chi connectivity index (χ1n) is 8.09. The van der Waals surface area contributed by atoms with Crippen LogP contribution in [-0.4, -0.2) is 44.3 Å². The van der Waals surface area contributed by atoms with Crippen LogP contribution < -0.4 is 5.32 Å². The van der Waals surface area contributed by atoms with Gasteiger partial charge in [-0.15, -0.1) is 0 Å². The summed E-state index contributed by atoms with van der Waals surface area (Å²) in [6, 6.07) is 3.79. The van der Waals surface area contributed by atoms with Gasteiger partial charge < -0.3 is 10.2 Å². The molecule has 1 aliphatic heterocycles. The molecule has 126 valence electrons. The van der Waals surface area contributed by atoms with Crippen molar-refractivity contribution in [3.05, 3.63) is 42.1 Å². The SMILES string of the molecule is CCN1C[C@H](C(=O)NCc2ccnc(-n3ccnc3C)c2)CC1=O. The molecule has 2 aromatic rings. The summed E-state index contributed by atoms with van der Waals surface area (Å²) in [5.41, 5.74) is 0.957. The fraction of sp³-hybridized carbons (Fsp3) is 0.412.